The number of hydrogen-bond donors (Lipinski definition) is 0. The molecule has 0 bridgehead atoms. The van der Waals surface area contributed by atoms with Gasteiger partial charge in [0.15, 0.2) is 11.2 Å². The normalized spacial score (nSPS) is 16.0. The van der Waals surface area contributed by atoms with E-state index in [-0.39, 0.29) is 18.3 Å². The first-order valence-corrected chi connectivity index (χ1v) is 11.6. The lowest BCUT2D eigenvalue weighted by atomic mass is 10.2. The van der Waals surface area contributed by atoms with Crippen LogP contribution in [0.25, 0.3) is 16.9 Å². The highest BCUT2D eigenvalue weighted by Crippen LogP contribution is 2.25. The summed E-state index contributed by atoms with van der Waals surface area (Å²) in [5, 5.41) is 1.24. The topological polar surface area (TPSA) is 71.0 Å². The number of nitrogens with zero attached hydrogens (tertiary/aromatic N) is 4. The molecule has 0 saturated carbocycles. The lowest BCUT2D eigenvalue weighted by Crippen LogP contribution is -2.42. The van der Waals surface area contributed by atoms with Gasteiger partial charge in [0.25, 0.3) is 5.56 Å². The maximum atomic E-state index is 13.6. The maximum absolute atomic E-state index is 13.6. The molecule has 1 aliphatic rings. The molecule has 0 radical (unpaired) electrons. The van der Waals surface area contributed by atoms with Crippen LogP contribution in [0.4, 0.5) is 0 Å². The van der Waals surface area contributed by atoms with Gasteiger partial charge in [-0.1, -0.05) is 53.0 Å². The van der Waals surface area contributed by atoms with E-state index in [9.17, 15) is 9.59 Å². The van der Waals surface area contributed by atoms with Crippen molar-refractivity contribution in [2.75, 3.05) is 6.61 Å². The fraction of sp³-hybridized carbons (Fsp3) is 0.261. The van der Waals surface area contributed by atoms with Gasteiger partial charge in [-0.2, -0.15) is 0 Å². The lowest BCUT2D eigenvalue weighted by Gasteiger charge is -2.16. The monoisotopic (exact) mass is 504 g/mol. The van der Waals surface area contributed by atoms with Crippen LogP contribution in [0.15, 0.2) is 58.4 Å². The summed E-state index contributed by atoms with van der Waals surface area (Å²) in [5.74, 6) is 0. The van der Waals surface area contributed by atoms with Crippen molar-refractivity contribution in [2.24, 2.45) is 0 Å². The molecular formula is C23H19Cl3N4O3. The maximum Gasteiger partial charge on any atom is 0.337 e. The number of rotatable bonds is 5. The van der Waals surface area contributed by atoms with E-state index in [0.29, 0.717) is 39.4 Å². The summed E-state index contributed by atoms with van der Waals surface area (Å²) in [6, 6.07) is 12.2. The van der Waals surface area contributed by atoms with Crippen LogP contribution in [0.3, 0.4) is 0 Å². The average molecular weight is 506 g/mol. The molecule has 0 amide bonds. The summed E-state index contributed by atoms with van der Waals surface area (Å²) in [7, 11) is 0. The van der Waals surface area contributed by atoms with Crippen molar-refractivity contribution in [3.63, 3.8) is 0 Å². The highest BCUT2D eigenvalue weighted by molar-refractivity contribution is 6.42. The Hall–Kier alpha value is -2.58. The summed E-state index contributed by atoms with van der Waals surface area (Å²) in [6.07, 6.45) is 3.03. The molecule has 1 aliphatic heterocycles. The number of aromatic nitrogens is 4. The Balaban J connectivity index is 1.73. The van der Waals surface area contributed by atoms with Gasteiger partial charge >= 0.3 is 5.69 Å². The van der Waals surface area contributed by atoms with Crippen LogP contribution < -0.4 is 11.2 Å². The number of halogens is 3. The smallest absolute Gasteiger partial charge is 0.337 e. The number of fused-ring (bicyclic) bond motifs is 1. The summed E-state index contributed by atoms with van der Waals surface area (Å²) in [5.41, 5.74) is 0.891. The van der Waals surface area contributed by atoms with E-state index in [1.807, 2.05) is 6.07 Å². The average Bonchev–Trinajstić information content (AvgIpc) is 3.45. The molecule has 3 heterocycles. The predicted molar refractivity (Wildman–Crippen MR) is 129 cm³/mol. The number of para-hydroxylation sites is 1. The molecule has 0 aliphatic carbocycles. The van der Waals surface area contributed by atoms with Gasteiger partial charge < -0.3 is 9.30 Å². The van der Waals surface area contributed by atoms with Gasteiger partial charge in [0.05, 0.1) is 39.7 Å². The van der Waals surface area contributed by atoms with E-state index in [2.05, 4.69) is 4.98 Å². The molecule has 1 saturated heterocycles. The molecular weight excluding hydrogens is 487 g/mol. The standard InChI is InChI=1S/C23H19Cl3N4O3/c24-16-8-7-14(10-18(16)26)11-28-13-27-21-20(28)22(31)29(12-15-4-3-9-33-15)23(32)30(21)19-6-2-1-5-17(19)25/h1-2,5-8,10,13,15H,3-4,9,11-12H2. The van der Waals surface area contributed by atoms with Crippen molar-refractivity contribution >= 4 is 46.0 Å². The van der Waals surface area contributed by atoms with Crippen molar-refractivity contribution in [2.45, 2.75) is 32.0 Å². The second-order valence-corrected chi connectivity index (χ2v) is 9.13. The first kappa shape index (κ1) is 22.2. The molecule has 2 aromatic heterocycles. The van der Waals surface area contributed by atoms with Crippen molar-refractivity contribution in [3.8, 4) is 5.69 Å². The highest BCUT2D eigenvalue weighted by Gasteiger charge is 2.24. The Bertz CT molecular complexity index is 1470. The second kappa shape index (κ2) is 8.99. The summed E-state index contributed by atoms with van der Waals surface area (Å²) < 4.78 is 10.0. The minimum atomic E-state index is -0.504. The van der Waals surface area contributed by atoms with Crippen LogP contribution in [0.5, 0.6) is 0 Å². The third kappa shape index (κ3) is 4.10. The minimum Gasteiger partial charge on any atom is -0.376 e. The molecule has 0 spiro atoms. The molecule has 2 aromatic carbocycles. The molecule has 0 N–H and O–H groups in total. The molecule has 33 heavy (non-hydrogen) atoms. The van der Waals surface area contributed by atoms with Gasteiger partial charge in [-0.15, -0.1) is 0 Å². The Kier molecular flexibility index (Phi) is 6.05. The zero-order chi connectivity index (χ0) is 23.1. The highest BCUT2D eigenvalue weighted by atomic mass is 35.5. The van der Waals surface area contributed by atoms with E-state index in [1.54, 1.807) is 41.0 Å². The number of ether oxygens (including phenoxy) is 1. The lowest BCUT2D eigenvalue weighted by molar-refractivity contribution is 0.0950. The first-order valence-electron chi connectivity index (χ1n) is 10.4. The molecule has 1 unspecified atom stereocenters. The zero-order valence-electron chi connectivity index (χ0n) is 17.4. The molecule has 7 nitrogen and oxygen atoms in total. The van der Waals surface area contributed by atoms with E-state index in [4.69, 9.17) is 39.5 Å². The van der Waals surface area contributed by atoms with Gasteiger partial charge in [0.1, 0.15) is 0 Å². The number of hydrogen-bond acceptors (Lipinski definition) is 4. The Labute approximate surface area is 203 Å². The van der Waals surface area contributed by atoms with Crippen LogP contribution in [0.2, 0.25) is 15.1 Å². The summed E-state index contributed by atoms with van der Waals surface area (Å²) >= 11 is 18.6. The Morgan fingerprint density at radius 2 is 1.85 bits per heavy atom. The zero-order valence-corrected chi connectivity index (χ0v) is 19.6. The second-order valence-electron chi connectivity index (χ2n) is 7.91. The van der Waals surface area contributed by atoms with E-state index < -0.39 is 11.2 Å². The third-order valence-corrected chi connectivity index (χ3v) is 6.80. The van der Waals surface area contributed by atoms with Gasteiger partial charge in [-0.25, -0.2) is 14.3 Å². The van der Waals surface area contributed by atoms with E-state index >= 15 is 0 Å². The van der Waals surface area contributed by atoms with Crippen LogP contribution >= 0.6 is 34.8 Å². The minimum absolute atomic E-state index is 0.163. The molecule has 1 atom stereocenters. The van der Waals surface area contributed by atoms with Gasteiger partial charge in [-0.05, 0) is 42.7 Å². The summed E-state index contributed by atoms with van der Waals surface area (Å²) in [6.45, 7) is 1.11. The fourth-order valence-electron chi connectivity index (χ4n) is 4.14. The molecule has 170 valence electrons. The van der Waals surface area contributed by atoms with Crippen LogP contribution in [0, 0.1) is 0 Å². The molecule has 10 heteroatoms. The van der Waals surface area contributed by atoms with E-state index in [1.165, 1.54) is 15.5 Å². The first-order chi connectivity index (χ1) is 15.9. The predicted octanol–water partition coefficient (Wildman–Crippen LogP) is 4.54. The molecule has 5 rings (SSSR count). The fourth-order valence-corrected chi connectivity index (χ4v) is 4.68. The largest absolute Gasteiger partial charge is 0.376 e. The van der Waals surface area contributed by atoms with Crippen molar-refractivity contribution in [1.29, 1.82) is 0 Å². The number of imidazole rings is 1. The quantitative estimate of drug-likeness (QED) is 0.399. The number of benzene rings is 2. The van der Waals surface area contributed by atoms with Crippen LogP contribution in [0.1, 0.15) is 18.4 Å². The Morgan fingerprint density at radius 3 is 2.58 bits per heavy atom. The van der Waals surface area contributed by atoms with Gasteiger partial charge in [-0.3, -0.25) is 9.36 Å². The van der Waals surface area contributed by atoms with Crippen molar-refractivity contribution < 1.29 is 4.74 Å². The SMILES string of the molecule is O=c1c2c(ncn2Cc2ccc(Cl)c(Cl)c2)n(-c2ccccc2Cl)c(=O)n1CC1CCCO1. The van der Waals surface area contributed by atoms with Crippen LogP contribution in [-0.4, -0.2) is 31.4 Å². The van der Waals surface area contributed by atoms with Crippen molar-refractivity contribution in [3.05, 3.63) is 90.3 Å². The van der Waals surface area contributed by atoms with Gasteiger partial charge in [0, 0.05) is 13.2 Å². The molecule has 4 aromatic rings. The Morgan fingerprint density at radius 1 is 1.03 bits per heavy atom. The third-order valence-electron chi connectivity index (χ3n) is 5.74. The van der Waals surface area contributed by atoms with Crippen molar-refractivity contribution in [1.82, 2.24) is 18.7 Å². The van der Waals surface area contributed by atoms with E-state index in [0.717, 1.165) is 18.4 Å². The van der Waals surface area contributed by atoms with Gasteiger partial charge in [0.2, 0.25) is 0 Å². The summed E-state index contributed by atoms with van der Waals surface area (Å²) in [4.78, 5) is 31.5. The van der Waals surface area contributed by atoms with Crippen LogP contribution in [-0.2, 0) is 17.8 Å². The molecule has 1 fully saturated rings.